The molecule has 1 atom stereocenters. The number of ether oxygens (including phenoxy) is 1. The first-order valence-electron chi connectivity index (χ1n) is 9.49. The van der Waals surface area contributed by atoms with Gasteiger partial charge in [0.25, 0.3) is 10.0 Å². The number of anilines is 1. The molecule has 3 rings (SSSR count). The molecule has 7 heteroatoms. The summed E-state index contributed by atoms with van der Waals surface area (Å²) in [6, 6.07) is 14.9. The smallest absolute Gasteiger partial charge is 0.338 e. The molecule has 0 saturated carbocycles. The Balaban J connectivity index is 1.77. The summed E-state index contributed by atoms with van der Waals surface area (Å²) in [5.74, 6) is -0.484. The number of nitrogens with zero attached hydrogens (tertiary/aromatic N) is 2. The molecule has 6 nitrogen and oxygen atoms in total. The summed E-state index contributed by atoms with van der Waals surface area (Å²) in [5.41, 5.74) is 0.800. The SMILES string of the molecule is CCN1CCCC(OC(=O)c2cccc(S(=O)(=O)N(C)c3ccccc3)c2)C1. The lowest BCUT2D eigenvalue weighted by atomic mass is 10.1. The van der Waals surface area contributed by atoms with Gasteiger partial charge in [0, 0.05) is 13.6 Å². The summed E-state index contributed by atoms with van der Waals surface area (Å²) < 4.78 is 32.7. The Hall–Kier alpha value is -2.38. The van der Waals surface area contributed by atoms with Crippen molar-refractivity contribution in [3.63, 3.8) is 0 Å². The van der Waals surface area contributed by atoms with Gasteiger partial charge in [0.05, 0.1) is 16.1 Å². The maximum absolute atomic E-state index is 12.9. The first-order valence-corrected chi connectivity index (χ1v) is 10.9. The Morgan fingerprint density at radius 3 is 2.64 bits per heavy atom. The van der Waals surface area contributed by atoms with Crippen LogP contribution in [0.5, 0.6) is 0 Å². The second-order valence-corrected chi connectivity index (χ2v) is 8.87. The predicted molar refractivity (Wildman–Crippen MR) is 109 cm³/mol. The Morgan fingerprint density at radius 1 is 1.18 bits per heavy atom. The molecule has 1 unspecified atom stereocenters. The molecule has 1 aliphatic heterocycles. The van der Waals surface area contributed by atoms with Gasteiger partial charge in [-0.2, -0.15) is 0 Å². The van der Waals surface area contributed by atoms with Crippen molar-refractivity contribution in [3.05, 3.63) is 60.2 Å². The third kappa shape index (κ3) is 4.54. The van der Waals surface area contributed by atoms with Crippen molar-refractivity contribution >= 4 is 21.7 Å². The maximum atomic E-state index is 12.9. The summed E-state index contributed by atoms with van der Waals surface area (Å²) >= 11 is 0. The highest BCUT2D eigenvalue weighted by molar-refractivity contribution is 7.92. The van der Waals surface area contributed by atoms with Crippen molar-refractivity contribution in [2.45, 2.75) is 30.8 Å². The van der Waals surface area contributed by atoms with Gasteiger partial charge in [-0.25, -0.2) is 13.2 Å². The lowest BCUT2D eigenvalue weighted by Gasteiger charge is -2.31. The highest BCUT2D eigenvalue weighted by Crippen LogP contribution is 2.23. The van der Waals surface area contributed by atoms with E-state index in [-0.39, 0.29) is 16.6 Å². The van der Waals surface area contributed by atoms with E-state index < -0.39 is 16.0 Å². The van der Waals surface area contributed by atoms with Crippen LogP contribution in [0.2, 0.25) is 0 Å². The Bertz CT molecular complexity index is 915. The second-order valence-electron chi connectivity index (χ2n) is 6.90. The van der Waals surface area contributed by atoms with E-state index in [1.54, 1.807) is 36.4 Å². The van der Waals surface area contributed by atoms with Crippen LogP contribution in [-0.4, -0.2) is 52.1 Å². The molecule has 150 valence electrons. The normalized spacial score (nSPS) is 17.9. The van der Waals surface area contributed by atoms with E-state index >= 15 is 0 Å². The summed E-state index contributed by atoms with van der Waals surface area (Å²) in [7, 11) is -2.28. The fraction of sp³-hybridized carbons (Fsp3) is 0.381. The lowest BCUT2D eigenvalue weighted by molar-refractivity contribution is 0.00772. The summed E-state index contributed by atoms with van der Waals surface area (Å²) in [4.78, 5) is 14.9. The number of benzene rings is 2. The van der Waals surface area contributed by atoms with Crippen molar-refractivity contribution < 1.29 is 17.9 Å². The topological polar surface area (TPSA) is 66.9 Å². The van der Waals surface area contributed by atoms with Crippen LogP contribution in [0.15, 0.2) is 59.5 Å². The van der Waals surface area contributed by atoms with Gasteiger partial charge in [0.15, 0.2) is 0 Å². The number of carbonyl (C=O) groups is 1. The first kappa shape index (κ1) is 20.4. The molecule has 1 heterocycles. The van der Waals surface area contributed by atoms with Crippen LogP contribution in [-0.2, 0) is 14.8 Å². The molecular weight excluding hydrogens is 376 g/mol. The largest absolute Gasteiger partial charge is 0.457 e. The minimum absolute atomic E-state index is 0.0622. The Labute approximate surface area is 166 Å². The molecule has 1 saturated heterocycles. The van der Waals surface area contributed by atoms with E-state index in [2.05, 4.69) is 11.8 Å². The van der Waals surface area contributed by atoms with E-state index in [1.807, 2.05) is 6.07 Å². The van der Waals surface area contributed by atoms with E-state index in [4.69, 9.17) is 4.74 Å². The monoisotopic (exact) mass is 402 g/mol. The predicted octanol–water partition coefficient (Wildman–Crippen LogP) is 3.15. The zero-order chi connectivity index (χ0) is 20.1. The van der Waals surface area contributed by atoms with Crippen LogP contribution < -0.4 is 4.31 Å². The van der Waals surface area contributed by atoms with Gasteiger partial charge in [-0.15, -0.1) is 0 Å². The fourth-order valence-electron chi connectivity index (χ4n) is 3.33. The average Bonchev–Trinajstić information content (AvgIpc) is 2.74. The number of carbonyl (C=O) groups excluding carboxylic acids is 1. The van der Waals surface area contributed by atoms with Gasteiger partial charge in [0.2, 0.25) is 0 Å². The highest BCUT2D eigenvalue weighted by Gasteiger charge is 2.25. The lowest BCUT2D eigenvalue weighted by Crippen LogP contribution is -2.40. The standard InChI is InChI=1S/C21H26N2O4S/c1-3-23-14-8-12-19(16-23)27-21(24)17-9-7-13-20(15-17)28(25,26)22(2)18-10-5-4-6-11-18/h4-7,9-11,13,15,19H,3,8,12,14,16H2,1-2H3. The van der Waals surface area contributed by atoms with Crippen molar-refractivity contribution in [3.8, 4) is 0 Å². The number of rotatable bonds is 6. The van der Waals surface area contributed by atoms with Gasteiger partial charge in [-0.1, -0.05) is 31.2 Å². The summed E-state index contributed by atoms with van der Waals surface area (Å²) in [6.45, 7) is 4.75. The minimum atomic E-state index is -3.78. The molecule has 0 aliphatic carbocycles. The third-order valence-electron chi connectivity index (χ3n) is 5.03. The number of para-hydroxylation sites is 1. The van der Waals surface area contributed by atoms with Crippen LogP contribution in [0.4, 0.5) is 5.69 Å². The number of likely N-dealkylation sites (N-methyl/N-ethyl adjacent to an activating group) is 1. The number of hydrogen-bond acceptors (Lipinski definition) is 5. The number of hydrogen-bond donors (Lipinski definition) is 0. The molecular formula is C21H26N2O4S. The molecule has 0 N–H and O–H groups in total. The molecule has 1 fully saturated rings. The van der Waals surface area contributed by atoms with E-state index in [0.717, 1.165) is 32.5 Å². The number of esters is 1. The Morgan fingerprint density at radius 2 is 1.93 bits per heavy atom. The summed E-state index contributed by atoms with van der Waals surface area (Å²) in [5, 5.41) is 0. The highest BCUT2D eigenvalue weighted by atomic mass is 32.2. The Kier molecular flexibility index (Phi) is 6.36. The van der Waals surface area contributed by atoms with Gasteiger partial charge < -0.3 is 4.74 Å². The third-order valence-corrected chi connectivity index (χ3v) is 6.81. The molecule has 0 radical (unpaired) electrons. The molecule has 0 spiro atoms. The van der Waals surface area contributed by atoms with Crippen LogP contribution in [0.25, 0.3) is 0 Å². The fourth-order valence-corrected chi connectivity index (χ4v) is 4.58. The van der Waals surface area contributed by atoms with Crippen LogP contribution in [0.3, 0.4) is 0 Å². The molecule has 2 aromatic rings. The maximum Gasteiger partial charge on any atom is 0.338 e. The first-order chi connectivity index (χ1) is 13.4. The van der Waals surface area contributed by atoms with Crippen LogP contribution >= 0.6 is 0 Å². The average molecular weight is 403 g/mol. The quantitative estimate of drug-likeness (QED) is 0.695. The van der Waals surface area contributed by atoms with Crippen molar-refractivity contribution in [2.75, 3.05) is 31.0 Å². The second kappa shape index (κ2) is 8.75. The van der Waals surface area contributed by atoms with Crippen molar-refractivity contribution in [1.29, 1.82) is 0 Å². The minimum Gasteiger partial charge on any atom is -0.457 e. The van der Waals surface area contributed by atoms with Crippen molar-refractivity contribution in [2.24, 2.45) is 0 Å². The summed E-state index contributed by atoms with van der Waals surface area (Å²) in [6.07, 6.45) is 1.66. The number of piperidine rings is 1. The zero-order valence-corrected chi connectivity index (χ0v) is 17.1. The molecule has 0 bridgehead atoms. The van der Waals surface area contributed by atoms with Gasteiger partial charge >= 0.3 is 5.97 Å². The van der Waals surface area contributed by atoms with Gasteiger partial charge in [-0.3, -0.25) is 9.21 Å². The van der Waals surface area contributed by atoms with E-state index in [9.17, 15) is 13.2 Å². The van der Waals surface area contributed by atoms with E-state index in [0.29, 0.717) is 5.69 Å². The molecule has 28 heavy (non-hydrogen) atoms. The van der Waals surface area contributed by atoms with Crippen LogP contribution in [0, 0.1) is 0 Å². The zero-order valence-electron chi connectivity index (χ0n) is 16.2. The molecule has 2 aromatic carbocycles. The van der Waals surface area contributed by atoms with Crippen molar-refractivity contribution in [1.82, 2.24) is 4.90 Å². The molecule has 0 aromatic heterocycles. The van der Waals surface area contributed by atoms with Crippen LogP contribution in [0.1, 0.15) is 30.1 Å². The molecule has 1 aliphatic rings. The van der Waals surface area contributed by atoms with Gasteiger partial charge in [-0.05, 0) is 56.3 Å². The molecule has 0 amide bonds. The van der Waals surface area contributed by atoms with E-state index in [1.165, 1.54) is 23.5 Å². The van der Waals surface area contributed by atoms with Gasteiger partial charge in [0.1, 0.15) is 6.10 Å². The number of likely N-dealkylation sites (tertiary alicyclic amines) is 1. The number of sulfonamides is 1.